The fourth-order valence-corrected chi connectivity index (χ4v) is 6.77. The molecule has 0 amide bonds. The van der Waals surface area contributed by atoms with Gasteiger partial charge in [0.2, 0.25) is 0 Å². The van der Waals surface area contributed by atoms with Gasteiger partial charge in [-0.3, -0.25) is 4.79 Å². The van der Waals surface area contributed by atoms with Crippen LogP contribution in [0.5, 0.6) is 17.2 Å². The number of aromatic nitrogens is 2. The molecule has 52 heavy (non-hydrogen) atoms. The van der Waals surface area contributed by atoms with Crippen molar-refractivity contribution in [1.82, 2.24) is 14.6 Å². The van der Waals surface area contributed by atoms with E-state index >= 15 is 0 Å². The molecule has 2 aliphatic rings. The average molecular weight is 711 g/mol. The first-order chi connectivity index (χ1) is 24.9. The molecular formula is C39H35BF4N4O4. The number of carbonyl (C=O) groups is 1. The number of halogens is 4. The van der Waals surface area contributed by atoms with Crippen LogP contribution in [0.2, 0.25) is 6.82 Å². The third-order valence-electron chi connectivity index (χ3n) is 9.58. The Balaban J connectivity index is 1.17. The SMILES string of the molecule is CB(O)N1CCC(Oc2cc3c(cc2-c2ccccc2C(F)(F)F)CC(C(=O)c2cnn(-c4ccc(Oc5ccccc5F)c(C)c4)c2N)=C3)CC1. The molecule has 0 unspecified atom stereocenters. The highest BCUT2D eigenvalue weighted by Gasteiger charge is 2.35. The maximum atomic E-state index is 14.2. The number of piperidine rings is 1. The lowest BCUT2D eigenvalue weighted by molar-refractivity contribution is -0.137. The van der Waals surface area contributed by atoms with E-state index in [9.17, 15) is 27.4 Å². The summed E-state index contributed by atoms with van der Waals surface area (Å²) < 4.78 is 70.4. The summed E-state index contributed by atoms with van der Waals surface area (Å²) in [6.45, 7) is 4.66. The maximum Gasteiger partial charge on any atom is 0.417 e. The number of para-hydroxylation sites is 1. The molecule has 0 bridgehead atoms. The predicted molar refractivity (Wildman–Crippen MR) is 191 cm³/mol. The molecule has 2 heterocycles. The monoisotopic (exact) mass is 710 g/mol. The van der Waals surface area contributed by atoms with Crippen molar-refractivity contribution in [2.45, 2.75) is 45.3 Å². The lowest BCUT2D eigenvalue weighted by atomic mass is 9.82. The minimum absolute atomic E-state index is 0.0138. The summed E-state index contributed by atoms with van der Waals surface area (Å²) in [7, 11) is -0.603. The Morgan fingerprint density at radius 2 is 1.69 bits per heavy atom. The highest BCUT2D eigenvalue weighted by molar-refractivity contribution is 6.45. The molecule has 13 heteroatoms. The number of hydrogen-bond acceptors (Lipinski definition) is 7. The summed E-state index contributed by atoms with van der Waals surface area (Å²) in [6.07, 6.45) is -0.411. The number of nitrogens with two attached hydrogens (primary N) is 1. The second kappa shape index (κ2) is 14.0. The van der Waals surface area contributed by atoms with Crippen LogP contribution in [0.1, 0.15) is 45.5 Å². The van der Waals surface area contributed by atoms with E-state index in [2.05, 4.69) is 5.10 Å². The number of rotatable bonds is 9. The summed E-state index contributed by atoms with van der Waals surface area (Å²) in [5.41, 5.74) is 9.15. The molecule has 1 aliphatic heterocycles. The van der Waals surface area contributed by atoms with Crippen molar-refractivity contribution >= 4 is 24.7 Å². The Kier molecular flexibility index (Phi) is 9.41. The molecule has 266 valence electrons. The minimum atomic E-state index is -4.60. The summed E-state index contributed by atoms with van der Waals surface area (Å²) >= 11 is 0. The summed E-state index contributed by atoms with van der Waals surface area (Å²) in [6, 6.07) is 20.0. The summed E-state index contributed by atoms with van der Waals surface area (Å²) in [5, 5.41) is 14.4. The zero-order valence-electron chi connectivity index (χ0n) is 28.5. The quantitative estimate of drug-likeness (QED) is 0.0905. The van der Waals surface area contributed by atoms with Crippen molar-refractivity contribution in [3.8, 4) is 34.1 Å². The Morgan fingerprint density at radius 3 is 2.40 bits per heavy atom. The molecule has 0 spiro atoms. The van der Waals surface area contributed by atoms with Gasteiger partial charge in [-0.15, -0.1) is 0 Å². The number of anilines is 1. The molecule has 5 aromatic rings. The molecule has 7 rings (SSSR count). The summed E-state index contributed by atoms with van der Waals surface area (Å²) in [5.74, 6) is 0.0764. The third-order valence-corrected chi connectivity index (χ3v) is 9.58. The molecule has 4 aromatic carbocycles. The van der Waals surface area contributed by atoms with Crippen molar-refractivity contribution in [2.75, 3.05) is 18.8 Å². The number of nitrogens with zero attached hydrogens (tertiary/aromatic N) is 3. The largest absolute Gasteiger partial charge is 0.490 e. The lowest BCUT2D eigenvalue weighted by Crippen LogP contribution is -2.45. The van der Waals surface area contributed by atoms with Gasteiger partial charge in [-0.05, 0) is 117 Å². The van der Waals surface area contributed by atoms with E-state index in [1.54, 1.807) is 68.4 Å². The Bertz CT molecular complexity index is 2190. The van der Waals surface area contributed by atoms with E-state index in [1.165, 1.54) is 35.1 Å². The van der Waals surface area contributed by atoms with Crippen molar-refractivity contribution in [3.63, 3.8) is 0 Å². The molecule has 0 atom stereocenters. The number of fused-ring (bicyclic) bond motifs is 1. The van der Waals surface area contributed by atoms with Crippen LogP contribution in [0.25, 0.3) is 22.9 Å². The van der Waals surface area contributed by atoms with E-state index in [1.807, 2.05) is 4.81 Å². The molecule has 3 N–H and O–H groups in total. The summed E-state index contributed by atoms with van der Waals surface area (Å²) in [4.78, 5) is 15.8. The van der Waals surface area contributed by atoms with Crippen molar-refractivity contribution in [3.05, 3.63) is 124 Å². The van der Waals surface area contributed by atoms with Gasteiger partial charge >= 0.3 is 13.2 Å². The third kappa shape index (κ3) is 6.93. The predicted octanol–water partition coefficient (Wildman–Crippen LogP) is 8.16. The van der Waals surface area contributed by atoms with Gasteiger partial charge in [-0.2, -0.15) is 18.3 Å². The molecule has 8 nitrogen and oxygen atoms in total. The molecule has 1 saturated heterocycles. The number of ketones is 1. The molecule has 0 radical (unpaired) electrons. The molecule has 1 aromatic heterocycles. The van der Waals surface area contributed by atoms with Crippen LogP contribution >= 0.6 is 0 Å². The number of nitrogen functional groups attached to an aromatic ring is 1. The van der Waals surface area contributed by atoms with Crippen LogP contribution in [-0.2, 0) is 12.6 Å². The van der Waals surface area contributed by atoms with Crippen molar-refractivity contribution in [1.29, 1.82) is 0 Å². The topological polar surface area (TPSA) is 103 Å². The van der Waals surface area contributed by atoms with E-state index in [0.717, 1.165) is 6.07 Å². The van der Waals surface area contributed by atoms with E-state index in [-0.39, 0.29) is 46.6 Å². The second-order valence-electron chi connectivity index (χ2n) is 13.1. The molecule has 1 fully saturated rings. The second-order valence-corrected chi connectivity index (χ2v) is 13.1. The van der Waals surface area contributed by atoms with Crippen LogP contribution in [-0.4, -0.2) is 51.6 Å². The number of alkyl halides is 3. The zero-order chi connectivity index (χ0) is 36.7. The zero-order valence-corrected chi connectivity index (χ0v) is 28.5. The lowest BCUT2D eigenvalue weighted by Gasteiger charge is -2.33. The number of aryl methyl sites for hydroxylation is 1. The van der Waals surface area contributed by atoms with Gasteiger partial charge in [0.05, 0.1) is 23.0 Å². The van der Waals surface area contributed by atoms with Gasteiger partial charge in [0, 0.05) is 17.6 Å². The number of ether oxygens (including phenoxy) is 2. The fraction of sp³-hybridized carbons (Fsp3) is 0.231. The smallest absolute Gasteiger partial charge is 0.417 e. The van der Waals surface area contributed by atoms with Crippen LogP contribution in [0.15, 0.2) is 90.6 Å². The van der Waals surface area contributed by atoms with Gasteiger partial charge in [0.1, 0.15) is 23.4 Å². The van der Waals surface area contributed by atoms with Crippen molar-refractivity contribution in [2.24, 2.45) is 0 Å². The van der Waals surface area contributed by atoms with Crippen LogP contribution in [0.3, 0.4) is 0 Å². The Labute approximate surface area is 298 Å². The number of benzene rings is 4. The fourth-order valence-electron chi connectivity index (χ4n) is 6.77. The van der Waals surface area contributed by atoms with Gasteiger partial charge in [0.15, 0.2) is 17.3 Å². The van der Waals surface area contributed by atoms with Crippen LogP contribution in [0, 0.1) is 12.7 Å². The highest BCUT2D eigenvalue weighted by atomic mass is 19.4. The van der Waals surface area contributed by atoms with E-state index < -0.39 is 24.6 Å². The van der Waals surface area contributed by atoms with Gasteiger partial charge in [0.25, 0.3) is 0 Å². The first-order valence-electron chi connectivity index (χ1n) is 16.9. The van der Waals surface area contributed by atoms with Crippen LogP contribution < -0.4 is 15.2 Å². The first-order valence-corrected chi connectivity index (χ1v) is 16.9. The maximum absolute atomic E-state index is 14.2. The van der Waals surface area contributed by atoms with E-state index in [4.69, 9.17) is 15.2 Å². The van der Waals surface area contributed by atoms with E-state index in [0.29, 0.717) is 65.4 Å². The minimum Gasteiger partial charge on any atom is -0.490 e. The number of allylic oxidation sites excluding steroid dienone is 1. The van der Waals surface area contributed by atoms with Crippen LogP contribution in [0.4, 0.5) is 23.4 Å². The van der Waals surface area contributed by atoms with Gasteiger partial charge < -0.3 is 25.0 Å². The van der Waals surface area contributed by atoms with Gasteiger partial charge in [-0.25, -0.2) is 9.07 Å². The average Bonchev–Trinajstić information content (AvgIpc) is 3.72. The first kappa shape index (κ1) is 35.0. The molecular weight excluding hydrogens is 675 g/mol. The normalized spacial score (nSPS) is 14.9. The standard InChI is InChI=1S/C39H35BF4N4O4/c1-23-17-27(11-12-34(23)52-35-10-6-5-9-33(35)41)48-38(45)31(22-46-48)37(49)26-18-24-20-30(29-7-3-4-8-32(29)39(42,43)44)36(21-25(24)19-26)51-28-13-15-47(16-14-28)40(2)50/h3-12,17,19-22,28,50H,13-16,18,45H2,1-2H3. The van der Waals surface area contributed by atoms with Gasteiger partial charge in [-0.1, -0.05) is 30.3 Å². The number of hydrogen-bond donors (Lipinski definition) is 2. The molecule has 1 aliphatic carbocycles. The Morgan fingerprint density at radius 1 is 0.962 bits per heavy atom. The highest BCUT2D eigenvalue weighted by Crippen LogP contribution is 2.44. The van der Waals surface area contributed by atoms with Crippen molar-refractivity contribution < 1.29 is 36.9 Å². The molecule has 0 saturated carbocycles. The number of carbonyl (C=O) groups excluding carboxylic acids is 1. The number of Topliss-reactive ketones (excluding diaryl/α,β-unsaturated/α-hetero) is 1. The Hall–Kier alpha value is -5.40.